The number of rotatable bonds is 5. The number of benzene rings is 2. The molecule has 7 heteroatoms. The molecule has 0 atom stereocenters. The lowest BCUT2D eigenvalue weighted by Crippen LogP contribution is -2.17. The van der Waals surface area contributed by atoms with Crippen LogP contribution in [0.25, 0.3) is 10.9 Å². The van der Waals surface area contributed by atoms with Gasteiger partial charge in [0.05, 0.1) is 5.56 Å². The van der Waals surface area contributed by atoms with Gasteiger partial charge in [-0.05, 0) is 48.9 Å². The summed E-state index contributed by atoms with van der Waals surface area (Å²) in [4.78, 5) is 11.1. The Morgan fingerprint density at radius 2 is 1.71 bits per heavy atom. The molecule has 0 fully saturated rings. The van der Waals surface area contributed by atoms with Crippen molar-refractivity contribution in [2.45, 2.75) is 40.1 Å². The van der Waals surface area contributed by atoms with Crippen LogP contribution in [0.2, 0.25) is 0 Å². The molecular weight excluding hydrogens is 371 g/mol. The van der Waals surface area contributed by atoms with Crippen molar-refractivity contribution >= 4 is 16.9 Å². The van der Waals surface area contributed by atoms with E-state index in [1.165, 1.54) is 12.1 Å². The van der Waals surface area contributed by atoms with Crippen LogP contribution in [0.4, 0.5) is 13.2 Å². The molecule has 1 heterocycles. The Labute approximate surface area is 161 Å². The smallest absolute Gasteiger partial charge is 0.478 e. The average Bonchev–Trinajstić information content (AvgIpc) is 2.99. The molecule has 3 aromatic rings. The summed E-state index contributed by atoms with van der Waals surface area (Å²) in [5.74, 6) is -1.25. The second kappa shape index (κ2) is 8.82. The minimum absolute atomic E-state index is 0.214. The Morgan fingerprint density at radius 1 is 1.07 bits per heavy atom. The zero-order chi connectivity index (χ0) is 20.9. The second-order valence-corrected chi connectivity index (χ2v) is 5.83. The number of aromatic nitrogens is 1. The summed E-state index contributed by atoms with van der Waals surface area (Å²) < 4.78 is 42.6. The van der Waals surface area contributed by atoms with Crippen molar-refractivity contribution in [3.05, 3.63) is 65.4 Å². The van der Waals surface area contributed by atoms with Gasteiger partial charge < -0.3 is 14.4 Å². The van der Waals surface area contributed by atoms with E-state index in [4.69, 9.17) is 5.11 Å². The number of halogens is 3. The van der Waals surface area contributed by atoms with Crippen LogP contribution in [0.15, 0.2) is 48.5 Å². The number of fused-ring (bicyclic) bond motifs is 1. The third kappa shape index (κ3) is 5.06. The first-order valence-electron chi connectivity index (χ1n) is 8.97. The van der Waals surface area contributed by atoms with Crippen LogP contribution in [0, 0.1) is 0 Å². The van der Waals surface area contributed by atoms with Crippen molar-refractivity contribution in [2.24, 2.45) is 0 Å². The molecule has 0 radical (unpaired) electrons. The lowest BCUT2D eigenvalue weighted by molar-refractivity contribution is -0.274. The molecule has 28 heavy (non-hydrogen) atoms. The number of hydrogen-bond donors (Lipinski definition) is 1. The Hall–Kier alpha value is -2.96. The molecule has 0 spiro atoms. The first-order chi connectivity index (χ1) is 13.3. The fraction of sp³-hybridized carbons (Fsp3) is 0.286. The zero-order valence-corrected chi connectivity index (χ0v) is 15.9. The van der Waals surface area contributed by atoms with E-state index in [0.717, 1.165) is 22.2 Å². The van der Waals surface area contributed by atoms with Gasteiger partial charge in [-0.1, -0.05) is 26.0 Å². The molecule has 0 unspecified atom stereocenters. The minimum Gasteiger partial charge on any atom is -0.478 e. The Kier molecular flexibility index (Phi) is 6.72. The highest BCUT2D eigenvalue weighted by Gasteiger charge is 2.30. The molecule has 3 rings (SSSR count). The normalized spacial score (nSPS) is 11.1. The number of aryl methyl sites for hydroxylation is 1. The summed E-state index contributed by atoms with van der Waals surface area (Å²) in [7, 11) is 0. The summed E-state index contributed by atoms with van der Waals surface area (Å²) >= 11 is 0. The van der Waals surface area contributed by atoms with Crippen LogP contribution in [0.1, 0.15) is 42.4 Å². The molecule has 0 aliphatic carbocycles. The van der Waals surface area contributed by atoms with Crippen LogP contribution in [0.3, 0.4) is 0 Å². The van der Waals surface area contributed by atoms with Gasteiger partial charge in [-0.15, -0.1) is 13.2 Å². The maximum Gasteiger partial charge on any atom is 0.573 e. The monoisotopic (exact) mass is 393 g/mol. The van der Waals surface area contributed by atoms with Gasteiger partial charge in [-0.3, -0.25) is 0 Å². The molecular formula is C21H22F3NO3. The maximum absolute atomic E-state index is 12.2. The first kappa shape index (κ1) is 21.3. The molecule has 0 aliphatic rings. The molecule has 2 aromatic carbocycles. The van der Waals surface area contributed by atoms with Gasteiger partial charge in [-0.25, -0.2) is 4.79 Å². The molecule has 1 N–H and O–H groups in total. The van der Waals surface area contributed by atoms with Gasteiger partial charge in [0, 0.05) is 29.6 Å². The van der Waals surface area contributed by atoms with E-state index in [1.807, 2.05) is 26.8 Å². The van der Waals surface area contributed by atoms with Crippen LogP contribution in [-0.4, -0.2) is 22.0 Å². The van der Waals surface area contributed by atoms with E-state index in [0.29, 0.717) is 13.0 Å². The molecule has 150 valence electrons. The maximum atomic E-state index is 12.2. The summed E-state index contributed by atoms with van der Waals surface area (Å²) in [5.41, 5.74) is 2.92. The van der Waals surface area contributed by atoms with Crippen LogP contribution >= 0.6 is 0 Å². The van der Waals surface area contributed by atoms with E-state index in [9.17, 15) is 18.0 Å². The van der Waals surface area contributed by atoms with Crippen LogP contribution in [0.5, 0.6) is 5.75 Å². The van der Waals surface area contributed by atoms with Gasteiger partial charge >= 0.3 is 12.3 Å². The fourth-order valence-electron chi connectivity index (χ4n) is 3.00. The van der Waals surface area contributed by atoms with Crippen molar-refractivity contribution in [1.29, 1.82) is 0 Å². The lowest BCUT2D eigenvalue weighted by Gasteiger charge is -2.10. The summed E-state index contributed by atoms with van der Waals surface area (Å²) in [6.45, 7) is 6.68. The van der Waals surface area contributed by atoms with Crippen molar-refractivity contribution in [3.63, 3.8) is 0 Å². The zero-order valence-electron chi connectivity index (χ0n) is 15.9. The molecule has 1 aromatic heterocycles. The topological polar surface area (TPSA) is 51.5 Å². The quantitative estimate of drug-likeness (QED) is 0.589. The Bertz CT molecular complexity index is 944. The van der Waals surface area contributed by atoms with E-state index >= 15 is 0 Å². The largest absolute Gasteiger partial charge is 0.573 e. The van der Waals surface area contributed by atoms with E-state index in [2.05, 4.69) is 9.30 Å². The molecule has 0 aliphatic heterocycles. The number of alkyl halides is 3. The Balaban J connectivity index is 0.00000136. The molecule has 0 saturated carbocycles. The molecule has 0 saturated heterocycles. The highest BCUT2D eigenvalue weighted by atomic mass is 19.4. The number of carboxylic acids is 1. The fourth-order valence-corrected chi connectivity index (χ4v) is 3.00. The molecule has 0 amide bonds. The van der Waals surface area contributed by atoms with Crippen LogP contribution in [-0.2, 0) is 13.0 Å². The minimum atomic E-state index is -4.71. The highest BCUT2D eigenvalue weighted by Crippen LogP contribution is 2.26. The summed E-state index contributed by atoms with van der Waals surface area (Å²) in [6, 6.07) is 12.6. The third-order valence-corrected chi connectivity index (χ3v) is 4.09. The lowest BCUT2D eigenvalue weighted by atomic mass is 10.1. The third-order valence-electron chi connectivity index (χ3n) is 4.09. The molecule has 4 nitrogen and oxygen atoms in total. The van der Waals surface area contributed by atoms with Crippen LogP contribution < -0.4 is 4.74 Å². The predicted molar refractivity (Wildman–Crippen MR) is 102 cm³/mol. The highest BCUT2D eigenvalue weighted by molar-refractivity contribution is 5.94. The SMILES string of the molecule is CC.CCn1c(Cc2ccc(OC(F)(F)F)cc2)cc2cc(C(=O)O)ccc21. The number of carboxylic acid groups (broad SMARTS) is 1. The first-order valence-corrected chi connectivity index (χ1v) is 8.97. The number of ether oxygens (including phenoxy) is 1. The summed E-state index contributed by atoms with van der Waals surface area (Å²) in [5, 5.41) is 9.94. The number of carbonyl (C=O) groups is 1. The number of hydrogen-bond acceptors (Lipinski definition) is 2. The van der Waals surface area contributed by atoms with Gasteiger partial charge in [-0.2, -0.15) is 0 Å². The summed E-state index contributed by atoms with van der Waals surface area (Å²) in [6.07, 6.45) is -4.20. The van der Waals surface area contributed by atoms with E-state index < -0.39 is 12.3 Å². The number of aromatic carboxylic acids is 1. The molecule has 0 bridgehead atoms. The van der Waals surface area contributed by atoms with Gasteiger partial charge in [0.25, 0.3) is 0 Å². The standard InChI is InChI=1S/C19H16F3NO3.C2H6/c1-2-23-15(11-14-10-13(18(24)25)5-8-17(14)23)9-12-3-6-16(7-4-12)26-19(20,21)22;1-2/h3-8,10-11H,2,9H2,1H3,(H,24,25);1-2H3. The Morgan fingerprint density at radius 3 is 2.25 bits per heavy atom. The van der Waals surface area contributed by atoms with Crippen molar-refractivity contribution in [1.82, 2.24) is 4.57 Å². The van der Waals surface area contributed by atoms with E-state index in [1.54, 1.807) is 30.3 Å². The van der Waals surface area contributed by atoms with Gasteiger partial charge in [0.2, 0.25) is 0 Å². The predicted octanol–water partition coefficient (Wildman–Crippen LogP) is 5.88. The van der Waals surface area contributed by atoms with Crippen molar-refractivity contribution in [2.75, 3.05) is 0 Å². The van der Waals surface area contributed by atoms with Crippen molar-refractivity contribution in [3.8, 4) is 5.75 Å². The average molecular weight is 393 g/mol. The van der Waals surface area contributed by atoms with Gasteiger partial charge in [0.1, 0.15) is 5.75 Å². The second-order valence-electron chi connectivity index (χ2n) is 5.83. The van der Waals surface area contributed by atoms with E-state index in [-0.39, 0.29) is 11.3 Å². The van der Waals surface area contributed by atoms with Gasteiger partial charge in [0.15, 0.2) is 0 Å². The number of nitrogens with zero attached hydrogens (tertiary/aromatic N) is 1. The van der Waals surface area contributed by atoms with Crippen molar-refractivity contribution < 1.29 is 27.8 Å².